The van der Waals surface area contributed by atoms with E-state index in [1.807, 2.05) is 18.3 Å². The van der Waals surface area contributed by atoms with Crippen molar-refractivity contribution in [1.29, 1.82) is 0 Å². The predicted molar refractivity (Wildman–Crippen MR) is 209 cm³/mol. The van der Waals surface area contributed by atoms with E-state index < -0.39 is 29.7 Å². The van der Waals surface area contributed by atoms with Crippen LogP contribution in [0.1, 0.15) is 76.4 Å². The first-order chi connectivity index (χ1) is 26.3. The zero-order chi connectivity index (χ0) is 37.6. The van der Waals surface area contributed by atoms with Crippen molar-refractivity contribution in [2.75, 3.05) is 43.4 Å². The second-order valence-electron chi connectivity index (χ2n) is 13.7. The number of aromatic nitrogens is 3. The molecule has 4 aromatic rings. The molecule has 3 aliphatic rings. The summed E-state index contributed by atoms with van der Waals surface area (Å²) >= 11 is 0. The van der Waals surface area contributed by atoms with Gasteiger partial charge in [0.2, 0.25) is 17.8 Å². The van der Waals surface area contributed by atoms with Gasteiger partial charge in [-0.1, -0.05) is 18.2 Å². The SMILES string of the molecule is C=CCCN=C/C(=C\N)c1nc(Nc2ccc(C3CCN(CCCNc4ccc5c(c4)C(=O)N(C4CCC(=O)NC4=O)C5=O)CC3)cc2)nc2[nH]ccc12. The molecule has 2 fully saturated rings. The molecule has 2 aromatic heterocycles. The molecule has 2 saturated heterocycles. The van der Waals surface area contributed by atoms with E-state index >= 15 is 0 Å². The number of hydrogen-bond donors (Lipinski definition) is 5. The lowest BCUT2D eigenvalue weighted by Gasteiger charge is -2.32. The minimum Gasteiger partial charge on any atom is -0.404 e. The number of amides is 4. The Morgan fingerprint density at radius 3 is 2.52 bits per heavy atom. The summed E-state index contributed by atoms with van der Waals surface area (Å²) in [6.45, 7) is 8.05. The molecule has 4 amide bonds. The lowest BCUT2D eigenvalue weighted by atomic mass is 9.89. The van der Waals surface area contributed by atoms with Gasteiger partial charge in [-0.05, 0) is 99.6 Å². The molecule has 278 valence electrons. The Hall–Kier alpha value is -6.15. The molecule has 5 heterocycles. The lowest BCUT2D eigenvalue weighted by molar-refractivity contribution is -0.136. The highest BCUT2D eigenvalue weighted by molar-refractivity contribution is 6.23. The van der Waals surface area contributed by atoms with Gasteiger partial charge in [-0.2, -0.15) is 4.98 Å². The fourth-order valence-electron chi connectivity index (χ4n) is 7.30. The molecule has 0 radical (unpaired) electrons. The number of fused-ring (bicyclic) bond motifs is 2. The number of piperidine rings is 2. The molecule has 1 atom stereocenters. The topological polar surface area (TPSA) is 191 Å². The van der Waals surface area contributed by atoms with Crippen molar-refractivity contribution >= 4 is 63.8 Å². The number of anilines is 3. The summed E-state index contributed by atoms with van der Waals surface area (Å²) in [6, 6.07) is 14.5. The highest BCUT2D eigenvalue weighted by atomic mass is 16.2. The van der Waals surface area contributed by atoms with Gasteiger partial charge in [0.25, 0.3) is 11.8 Å². The number of nitrogens with two attached hydrogens (primary N) is 1. The zero-order valence-electron chi connectivity index (χ0n) is 30.0. The molecular formula is C40H44N10O4. The second-order valence-corrected chi connectivity index (χ2v) is 13.7. The number of rotatable bonds is 14. The Bertz CT molecular complexity index is 2130. The summed E-state index contributed by atoms with van der Waals surface area (Å²) in [5, 5.41) is 9.82. The first-order valence-electron chi connectivity index (χ1n) is 18.4. The number of benzene rings is 2. The van der Waals surface area contributed by atoms with Crippen LogP contribution in [0.15, 0.2) is 78.6 Å². The fourth-order valence-corrected chi connectivity index (χ4v) is 7.30. The Kier molecular flexibility index (Phi) is 10.9. The summed E-state index contributed by atoms with van der Waals surface area (Å²) in [4.78, 5) is 70.6. The Morgan fingerprint density at radius 1 is 0.981 bits per heavy atom. The van der Waals surface area contributed by atoms with E-state index in [1.165, 1.54) is 11.8 Å². The van der Waals surface area contributed by atoms with Crippen LogP contribution in [0.3, 0.4) is 0 Å². The third kappa shape index (κ3) is 7.78. The maximum Gasteiger partial charge on any atom is 0.262 e. The van der Waals surface area contributed by atoms with E-state index in [9.17, 15) is 19.2 Å². The number of likely N-dealkylation sites (tertiary alicyclic amines) is 1. The molecular weight excluding hydrogens is 685 g/mol. The number of nitrogens with one attached hydrogen (secondary N) is 4. The second kappa shape index (κ2) is 16.3. The van der Waals surface area contributed by atoms with Gasteiger partial charge in [0.05, 0.1) is 16.8 Å². The molecule has 1 unspecified atom stereocenters. The van der Waals surface area contributed by atoms with Gasteiger partial charge in [-0.3, -0.25) is 34.4 Å². The van der Waals surface area contributed by atoms with Crippen molar-refractivity contribution in [3.05, 3.63) is 96.0 Å². The first kappa shape index (κ1) is 36.2. The van der Waals surface area contributed by atoms with Crippen LogP contribution in [0, 0.1) is 0 Å². The quantitative estimate of drug-likeness (QED) is 0.0525. The lowest BCUT2D eigenvalue weighted by Crippen LogP contribution is -2.54. The molecule has 0 spiro atoms. The van der Waals surface area contributed by atoms with E-state index in [-0.39, 0.29) is 24.0 Å². The molecule has 14 nitrogen and oxygen atoms in total. The molecule has 6 N–H and O–H groups in total. The van der Waals surface area contributed by atoms with Gasteiger partial charge in [0.1, 0.15) is 11.7 Å². The van der Waals surface area contributed by atoms with Crippen LogP contribution in [-0.4, -0.2) is 93.4 Å². The van der Waals surface area contributed by atoms with Crippen LogP contribution in [-0.2, 0) is 9.59 Å². The molecule has 0 aliphatic carbocycles. The van der Waals surface area contributed by atoms with Gasteiger partial charge in [-0.25, -0.2) is 4.98 Å². The summed E-state index contributed by atoms with van der Waals surface area (Å²) in [5.74, 6) is -1.07. The zero-order valence-corrected chi connectivity index (χ0v) is 30.0. The van der Waals surface area contributed by atoms with Crippen LogP contribution in [0.25, 0.3) is 16.6 Å². The highest BCUT2D eigenvalue weighted by Crippen LogP contribution is 2.31. The molecule has 7 rings (SSSR count). The number of aliphatic imine (C=N–C) groups is 1. The maximum absolute atomic E-state index is 13.1. The number of aromatic amines is 1. The van der Waals surface area contributed by atoms with Crippen LogP contribution >= 0.6 is 0 Å². The van der Waals surface area contributed by atoms with E-state index in [2.05, 4.69) is 66.7 Å². The van der Waals surface area contributed by atoms with E-state index in [1.54, 1.807) is 24.4 Å². The third-order valence-corrected chi connectivity index (χ3v) is 10.2. The summed E-state index contributed by atoms with van der Waals surface area (Å²) in [6.07, 6.45) is 11.0. The molecule has 2 aromatic carbocycles. The molecule has 14 heteroatoms. The van der Waals surface area contributed by atoms with Crippen LogP contribution in [0.2, 0.25) is 0 Å². The van der Waals surface area contributed by atoms with E-state index in [0.29, 0.717) is 41.9 Å². The summed E-state index contributed by atoms with van der Waals surface area (Å²) in [7, 11) is 0. The number of nitrogens with zero attached hydrogens (tertiary/aromatic N) is 5. The largest absolute Gasteiger partial charge is 0.404 e. The van der Waals surface area contributed by atoms with Crippen molar-refractivity contribution in [3.8, 4) is 0 Å². The minimum atomic E-state index is -0.972. The average Bonchev–Trinajstić information content (AvgIpc) is 3.75. The number of imide groups is 2. The third-order valence-electron chi connectivity index (χ3n) is 10.2. The molecule has 3 aliphatic heterocycles. The van der Waals surface area contributed by atoms with E-state index in [0.717, 1.165) is 67.0 Å². The van der Waals surface area contributed by atoms with Gasteiger partial charge >= 0.3 is 0 Å². The Labute approximate surface area is 313 Å². The summed E-state index contributed by atoms with van der Waals surface area (Å²) in [5.41, 5.74) is 11.6. The van der Waals surface area contributed by atoms with Crippen LogP contribution < -0.4 is 21.7 Å². The van der Waals surface area contributed by atoms with Crippen molar-refractivity contribution in [3.63, 3.8) is 0 Å². The number of carbonyl (C=O) groups is 4. The molecule has 54 heavy (non-hydrogen) atoms. The summed E-state index contributed by atoms with van der Waals surface area (Å²) < 4.78 is 0. The first-order valence-corrected chi connectivity index (χ1v) is 18.4. The number of allylic oxidation sites excluding steroid dienone is 1. The van der Waals surface area contributed by atoms with Crippen LogP contribution in [0.4, 0.5) is 17.3 Å². The minimum absolute atomic E-state index is 0.0909. The molecule has 0 saturated carbocycles. The van der Waals surface area contributed by atoms with Crippen molar-refractivity contribution in [1.82, 2.24) is 30.1 Å². The van der Waals surface area contributed by atoms with Gasteiger partial charge in [0.15, 0.2) is 0 Å². The van der Waals surface area contributed by atoms with Gasteiger partial charge in [-0.15, -0.1) is 6.58 Å². The number of hydrogen-bond acceptors (Lipinski definition) is 11. The normalized spacial score (nSPS) is 18.4. The Balaban J connectivity index is 0.875. The van der Waals surface area contributed by atoms with Gasteiger partial charge < -0.3 is 26.3 Å². The monoisotopic (exact) mass is 728 g/mol. The standard InChI is InChI=1S/C40H44N10O4/c1-2-3-16-42-24-27(23-41)35-31-13-18-44-36(31)48-40(47-35)45-28-7-5-25(6-8-28)26-14-20-49(21-15-26)19-4-17-43-29-9-10-30-32(22-29)39(54)50(38(30)53)33-11-12-34(51)46-37(33)52/h2,5-10,13,18,22-24,26,33,43H,1,3-4,11-12,14-17,19-21,41H2,(H,46,51,52)(H2,44,45,47,48)/b27-23+,42-24?. The highest BCUT2D eigenvalue weighted by Gasteiger charge is 2.44. The fraction of sp³-hybridized carbons (Fsp3) is 0.325. The average molecular weight is 729 g/mol. The Morgan fingerprint density at radius 2 is 1.76 bits per heavy atom. The van der Waals surface area contributed by atoms with Crippen molar-refractivity contribution in [2.45, 2.75) is 50.5 Å². The van der Waals surface area contributed by atoms with Crippen LogP contribution in [0.5, 0.6) is 0 Å². The molecule has 0 bridgehead atoms. The maximum atomic E-state index is 13.1. The van der Waals surface area contributed by atoms with Crippen molar-refractivity contribution < 1.29 is 19.2 Å². The predicted octanol–water partition coefficient (Wildman–Crippen LogP) is 4.73. The number of H-pyrrole nitrogens is 1. The van der Waals surface area contributed by atoms with Gasteiger partial charge in [0, 0.05) is 60.5 Å². The van der Waals surface area contributed by atoms with E-state index in [4.69, 9.17) is 10.7 Å². The van der Waals surface area contributed by atoms with Crippen molar-refractivity contribution in [2.24, 2.45) is 10.7 Å². The smallest absolute Gasteiger partial charge is 0.262 e. The number of carbonyl (C=O) groups excluding carboxylic acids is 4.